The number of nitrogens with zero attached hydrogens (tertiary/aromatic N) is 2. The first-order valence-electron chi connectivity index (χ1n) is 7.85. The Balaban J connectivity index is 0.000000585. The fraction of sp³-hybridized carbons (Fsp3) is 0.786. The van der Waals surface area contributed by atoms with Gasteiger partial charge in [0.2, 0.25) is 6.33 Å². The van der Waals surface area contributed by atoms with E-state index in [4.69, 9.17) is 0 Å². The van der Waals surface area contributed by atoms with Gasteiger partial charge in [-0.25, -0.2) is 9.13 Å². The van der Waals surface area contributed by atoms with Crippen molar-refractivity contribution >= 4 is 7.81 Å². The number of rotatable bonds is 9. The van der Waals surface area contributed by atoms with E-state index in [0.717, 1.165) is 0 Å². The summed E-state index contributed by atoms with van der Waals surface area (Å²) in [5.41, 5.74) is 0. The van der Waals surface area contributed by atoms with Crippen molar-refractivity contribution in [1.29, 1.82) is 0 Å². The Morgan fingerprint density at radius 2 is 1.26 bits per heavy atom. The molecule has 0 unspecified atom stereocenters. The molecule has 1 aromatic rings. The second kappa shape index (κ2) is 8.36. The van der Waals surface area contributed by atoms with Crippen LogP contribution < -0.4 is 4.57 Å². The molecule has 0 amide bonds. The Morgan fingerprint density at radius 1 is 0.826 bits per heavy atom. The van der Waals surface area contributed by atoms with E-state index >= 15 is 0 Å². The quantitative estimate of drug-likeness (QED) is 0.195. The molecule has 2 nitrogen and oxygen atoms in total. The number of hydrogen-bond donors (Lipinski definition) is 0. The predicted octanol–water partition coefficient (Wildman–Crippen LogP) is 6.84. The van der Waals surface area contributed by atoms with Crippen LogP contribution in [0, 0.1) is 0 Å². The van der Waals surface area contributed by atoms with Crippen molar-refractivity contribution < 1.29 is 29.7 Å². The number of aryl methyl sites for hydroxylation is 2. The summed E-state index contributed by atoms with van der Waals surface area (Å²) in [7, 11) is -8.58. The minimum atomic E-state index is -10.7. The van der Waals surface area contributed by atoms with Crippen LogP contribution in [0.3, 0.4) is 0 Å². The monoisotopic (exact) mass is 368 g/mol. The van der Waals surface area contributed by atoms with Crippen molar-refractivity contribution in [1.82, 2.24) is 4.57 Å². The first-order valence-corrected chi connectivity index (χ1v) is 9.88. The van der Waals surface area contributed by atoms with Gasteiger partial charge in [0.15, 0.2) is 0 Å². The normalized spacial score (nSPS) is 14.6. The Morgan fingerprint density at radius 3 is 1.65 bits per heavy atom. The molecule has 0 radical (unpaired) electrons. The topological polar surface area (TPSA) is 8.81 Å². The Hall–Kier alpha value is -0.780. The van der Waals surface area contributed by atoms with Crippen molar-refractivity contribution in [2.24, 2.45) is 7.05 Å². The zero-order valence-corrected chi connectivity index (χ0v) is 14.6. The van der Waals surface area contributed by atoms with Crippen molar-refractivity contribution in [3.8, 4) is 0 Å². The number of imidazole rings is 1. The fourth-order valence-corrected chi connectivity index (χ4v) is 2.06. The van der Waals surface area contributed by atoms with Crippen molar-refractivity contribution in [3.05, 3.63) is 18.7 Å². The molecule has 1 rings (SSSR count). The van der Waals surface area contributed by atoms with Crippen molar-refractivity contribution in [3.63, 3.8) is 0 Å². The Kier molecular flexibility index (Phi) is 8.07. The Bertz CT molecular complexity index is 429. The Labute approximate surface area is 133 Å². The molecule has 0 aromatic carbocycles. The molecule has 0 bridgehead atoms. The second-order valence-corrected chi connectivity index (χ2v) is 7.67. The summed E-state index contributed by atoms with van der Waals surface area (Å²) in [6, 6.07) is 0. The van der Waals surface area contributed by atoms with E-state index in [0.29, 0.717) is 0 Å². The molecule has 0 aliphatic carbocycles. The van der Waals surface area contributed by atoms with E-state index in [1.165, 1.54) is 57.9 Å². The first-order chi connectivity index (χ1) is 10.3. The van der Waals surface area contributed by atoms with Gasteiger partial charge in [0.05, 0.1) is 13.6 Å². The van der Waals surface area contributed by atoms with E-state index in [2.05, 4.69) is 41.8 Å². The summed E-state index contributed by atoms with van der Waals surface area (Å²) < 4.78 is 63.6. The minimum absolute atomic E-state index is 1.18. The van der Waals surface area contributed by atoms with Gasteiger partial charge in [-0.2, -0.15) is 0 Å². The van der Waals surface area contributed by atoms with Crippen LogP contribution in [0.5, 0.6) is 0 Å². The number of hydrogen-bond acceptors (Lipinski definition) is 0. The number of aromatic nitrogens is 2. The third kappa shape index (κ3) is 23.6. The van der Waals surface area contributed by atoms with Gasteiger partial charge in [-0.05, 0) is 12.8 Å². The van der Waals surface area contributed by atoms with Gasteiger partial charge in [0.1, 0.15) is 12.4 Å². The van der Waals surface area contributed by atoms with Crippen molar-refractivity contribution in [2.75, 3.05) is 0 Å². The molecule has 0 saturated heterocycles. The third-order valence-electron chi connectivity index (χ3n) is 3.09. The number of unbranched alkanes of at least 4 members (excludes halogenated alkanes) is 7. The zero-order chi connectivity index (χ0) is 18.0. The summed E-state index contributed by atoms with van der Waals surface area (Å²) >= 11 is 0. The van der Waals surface area contributed by atoms with Crippen molar-refractivity contribution in [2.45, 2.75) is 64.8 Å². The van der Waals surface area contributed by atoms with Crippen LogP contribution in [-0.2, 0) is 13.6 Å². The molecule has 0 atom stereocenters. The van der Waals surface area contributed by atoms with Gasteiger partial charge in [0.25, 0.3) is 0 Å². The summed E-state index contributed by atoms with van der Waals surface area (Å²) in [6.07, 6.45) is 17.6. The SMILES string of the molecule is CCCCCCCCCC[n+]1ccn(C)c1.F[P-](F)(F)(F)(F)F. The fourth-order valence-electron chi connectivity index (χ4n) is 2.06. The molecule has 1 aromatic heterocycles. The molecule has 9 heteroatoms. The van der Waals surface area contributed by atoms with Crippen LogP contribution in [0.4, 0.5) is 25.2 Å². The van der Waals surface area contributed by atoms with E-state index in [1.807, 2.05) is 0 Å². The van der Waals surface area contributed by atoms with E-state index in [-0.39, 0.29) is 0 Å². The van der Waals surface area contributed by atoms with E-state index in [1.54, 1.807) is 0 Å². The van der Waals surface area contributed by atoms with E-state index in [9.17, 15) is 25.2 Å². The van der Waals surface area contributed by atoms with Gasteiger partial charge in [-0.1, -0.05) is 45.4 Å². The molecule has 140 valence electrons. The van der Waals surface area contributed by atoms with E-state index < -0.39 is 7.81 Å². The summed E-state index contributed by atoms with van der Waals surface area (Å²) in [5, 5.41) is 0. The van der Waals surface area contributed by atoms with Gasteiger partial charge in [-0.15, -0.1) is 0 Å². The molecule has 0 fully saturated rings. The number of halogens is 6. The van der Waals surface area contributed by atoms with Gasteiger partial charge in [-0.3, -0.25) is 0 Å². The summed E-state index contributed by atoms with van der Waals surface area (Å²) in [5.74, 6) is 0. The predicted molar refractivity (Wildman–Crippen MR) is 81.8 cm³/mol. The maximum absolute atomic E-state index is 10.7. The molecule has 0 saturated carbocycles. The standard InChI is InChI=1S/C14H27N2.F6P/c1-3-4-5-6-7-8-9-10-11-16-13-12-15(2)14-16;1-7(2,3,4,5)6/h12-14H,3-11H2,1-2H3;/q+1;-1. The van der Waals surface area contributed by atoms with Gasteiger partial charge >= 0.3 is 33.0 Å². The van der Waals surface area contributed by atoms with Crippen LogP contribution in [0.1, 0.15) is 58.3 Å². The second-order valence-electron chi connectivity index (χ2n) is 5.75. The maximum atomic E-state index is 9.87. The average molecular weight is 368 g/mol. The molecule has 0 aliphatic rings. The molecule has 0 aliphatic heterocycles. The summed E-state index contributed by atoms with van der Waals surface area (Å²) in [6.45, 7) is 3.45. The van der Waals surface area contributed by atoms with Crippen LogP contribution >= 0.6 is 7.81 Å². The molecular weight excluding hydrogens is 341 g/mol. The third-order valence-corrected chi connectivity index (χ3v) is 3.09. The van der Waals surface area contributed by atoms with Crippen LogP contribution in [0.2, 0.25) is 0 Å². The zero-order valence-electron chi connectivity index (χ0n) is 13.7. The van der Waals surface area contributed by atoms with Gasteiger partial charge < -0.3 is 0 Å². The van der Waals surface area contributed by atoms with Gasteiger partial charge in [0, 0.05) is 0 Å². The molecule has 23 heavy (non-hydrogen) atoms. The average Bonchev–Trinajstić information content (AvgIpc) is 2.75. The van der Waals surface area contributed by atoms with Crippen LogP contribution in [0.15, 0.2) is 18.7 Å². The first kappa shape index (κ1) is 22.2. The van der Waals surface area contributed by atoms with Crippen LogP contribution in [-0.4, -0.2) is 4.57 Å². The molecule has 0 spiro atoms. The van der Waals surface area contributed by atoms with Crippen LogP contribution in [0.25, 0.3) is 0 Å². The summed E-state index contributed by atoms with van der Waals surface area (Å²) in [4.78, 5) is 0. The molecular formula is C14H27F6N2P. The molecule has 0 N–H and O–H groups in total. The molecule has 1 heterocycles.